The Balaban J connectivity index is 1.97. The zero-order chi connectivity index (χ0) is 19.7. The fourth-order valence-electron chi connectivity index (χ4n) is 2.45. The summed E-state index contributed by atoms with van der Waals surface area (Å²) in [6.45, 7) is 0. The van der Waals surface area contributed by atoms with E-state index in [0.29, 0.717) is 24.9 Å². The number of hydrogen-bond acceptors (Lipinski definition) is 6. The first-order valence-corrected chi connectivity index (χ1v) is 9.51. The summed E-state index contributed by atoms with van der Waals surface area (Å²) in [4.78, 5) is 25.7. The van der Waals surface area contributed by atoms with Gasteiger partial charge >= 0.3 is 5.97 Å². The lowest BCUT2D eigenvalue weighted by Crippen LogP contribution is -2.27. The van der Waals surface area contributed by atoms with Crippen LogP contribution in [0.5, 0.6) is 11.5 Å². The molecular formula is C18H12BrNO5S2. The predicted molar refractivity (Wildman–Crippen MR) is 111 cm³/mol. The number of hydrogen-bond donors (Lipinski definition) is 2. The molecule has 0 bridgehead atoms. The lowest BCUT2D eigenvalue weighted by molar-refractivity contribution is -0.113. The van der Waals surface area contributed by atoms with Gasteiger partial charge in [-0.15, -0.1) is 0 Å². The molecule has 0 spiro atoms. The minimum Gasteiger partial charge on any atom is -0.503 e. The van der Waals surface area contributed by atoms with Crippen LogP contribution in [-0.2, 0) is 4.79 Å². The maximum atomic E-state index is 12.8. The molecule has 1 amide bonds. The molecule has 9 heteroatoms. The van der Waals surface area contributed by atoms with E-state index >= 15 is 0 Å². The Hall–Kier alpha value is -2.36. The van der Waals surface area contributed by atoms with Crippen LogP contribution in [0.1, 0.15) is 15.9 Å². The van der Waals surface area contributed by atoms with Gasteiger partial charge in [0.05, 0.1) is 27.7 Å². The topological polar surface area (TPSA) is 87.1 Å². The van der Waals surface area contributed by atoms with E-state index in [9.17, 15) is 14.7 Å². The van der Waals surface area contributed by atoms with E-state index in [-0.39, 0.29) is 23.0 Å². The van der Waals surface area contributed by atoms with E-state index in [0.717, 1.165) is 11.8 Å². The molecule has 1 heterocycles. The first-order valence-electron chi connectivity index (χ1n) is 7.49. The van der Waals surface area contributed by atoms with Crippen molar-refractivity contribution in [1.82, 2.24) is 0 Å². The van der Waals surface area contributed by atoms with Crippen LogP contribution in [0.4, 0.5) is 5.69 Å². The Morgan fingerprint density at radius 2 is 2.07 bits per heavy atom. The number of aromatic carboxylic acids is 1. The molecule has 27 heavy (non-hydrogen) atoms. The lowest BCUT2D eigenvalue weighted by Gasteiger charge is -2.14. The van der Waals surface area contributed by atoms with Crippen molar-refractivity contribution >= 4 is 67.9 Å². The third-order valence-corrected chi connectivity index (χ3v) is 5.62. The number of carboxylic acid groups (broad SMARTS) is 1. The third-order valence-electron chi connectivity index (χ3n) is 3.71. The molecule has 2 N–H and O–H groups in total. The van der Waals surface area contributed by atoms with Gasteiger partial charge in [-0.2, -0.15) is 0 Å². The quantitative estimate of drug-likeness (QED) is 0.514. The van der Waals surface area contributed by atoms with E-state index in [1.807, 2.05) is 0 Å². The Kier molecular flexibility index (Phi) is 5.54. The zero-order valence-corrected chi connectivity index (χ0v) is 17.0. The van der Waals surface area contributed by atoms with Gasteiger partial charge in [0.15, 0.2) is 15.8 Å². The first kappa shape index (κ1) is 19.4. The van der Waals surface area contributed by atoms with E-state index < -0.39 is 5.97 Å². The smallest absolute Gasteiger partial charge is 0.335 e. The van der Waals surface area contributed by atoms with Crippen LogP contribution in [0.15, 0.2) is 45.8 Å². The highest BCUT2D eigenvalue weighted by Gasteiger charge is 2.33. The Morgan fingerprint density at radius 3 is 2.74 bits per heavy atom. The molecular weight excluding hydrogens is 454 g/mol. The molecule has 0 atom stereocenters. The van der Waals surface area contributed by atoms with E-state index in [2.05, 4.69) is 15.9 Å². The van der Waals surface area contributed by atoms with Gasteiger partial charge in [-0.1, -0.05) is 30.0 Å². The SMILES string of the molecule is COc1cc(/C=C2/SC(=S)N(c3cccc(C(=O)O)c3)C2=O)cc(Br)c1O. The number of carbonyl (C=O) groups is 2. The van der Waals surface area contributed by atoms with Crippen molar-refractivity contribution < 1.29 is 24.5 Å². The summed E-state index contributed by atoms with van der Waals surface area (Å²) in [6, 6.07) is 9.27. The fourth-order valence-corrected chi connectivity index (χ4v) is 4.21. The molecule has 0 radical (unpaired) electrons. The summed E-state index contributed by atoms with van der Waals surface area (Å²) < 4.78 is 5.84. The van der Waals surface area contributed by atoms with Gasteiger partial charge in [-0.05, 0) is 57.9 Å². The van der Waals surface area contributed by atoms with E-state index in [1.54, 1.807) is 30.3 Å². The van der Waals surface area contributed by atoms with Crippen LogP contribution in [0.25, 0.3) is 6.08 Å². The molecule has 0 aromatic heterocycles. The number of aromatic hydroxyl groups is 1. The van der Waals surface area contributed by atoms with Crippen LogP contribution in [0, 0.1) is 0 Å². The van der Waals surface area contributed by atoms with Crippen molar-refractivity contribution in [2.75, 3.05) is 12.0 Å². The summed E-state index contributed by atoms with van der Waals surface area (Å²) >= 11 is 9.66. The van der Waals surface area contributed by atoms with Crippen LogP contribution >= 0.6 is 39.9 Å². The largest absolute Gasteiger partial charge is 0.503 e. The molecule has 0 unspecified atom stereocenters. The second kappa shape index (κ2) is 7.71. The number of anilines is 1. The van der Waals surface area contributed by atoms with Crippen molar-refractivity contribution in [1.29, 1.82) is 0 Å². The highest BCUT2D eigenvalue weighted by Crippen LogP contribution is 2.39. The Bertz CT molecular complexity index is 1010. The summed E-state index contributed by atoms with van der Waals surface area (Å²) in [5.41, 5.74) is 1.10. The number of carboxylic acids is 1. The summed E-state index contributed by atoms with van der Waals surface area (Å²) in [5, 5.41) is 19.0. The van der Waals surface area contributed by atoms with Gasteiger partial charge in [0.1, 0.15) is 0 Å². The highest BCUT2D eigenvalue weighted by atomic mass is 79.9. The van der Waals surface area contributed by atoms with Crippen LogP contribution < -0.4 is 9.64 Å². The van der Waals surface area contributed by atoms with Gasteiger partial charge in [0, 0.05) is 0 Å². The Morgan fingerprint density at radius 1 is 1.33 bits per heavy atom. The molecule has 1 aliphatic rings. The minimum atomic E-state index is -1.08. The van der Waals surface area contributed by atoms with Gasteiger partial charge < -0.3 is 14.9 Å². The Labute approximate surface area is 172 Å². The minimum absolute atomic E-state index is 0.0346. The van der Waals surface area contributed by atoms with Gasteiger partial charge in [-0.3, -0.25) is 9.69 Å². The molecule has 1 saturated heterocycles. The second-order valence-corrected chi connectivity index (χ2v) is 7.96. The second-order valence-electron chi connectivity index (χ2n) is 5.43. The molecule has 6 nitrogen and oxygen atoms in total. The number of thioether (sulfide) groups is 1. The van der Waals surface area contributed by atoms with Crippen molar-refractivity contribution in [2.24, 2.45) is 0 Å². The van der Waals surface area contributed by atoms with Gasteiger partial charge in [0.2, 0.25) is 0 Å². The highest BCUT2D eigenvalue weighted by molar-refractivity contribution is 9.10. The molecule has 3 rings (SSSR count). The number of ether oxygens (including phenoxy) is 1. The third kappa shape index (κ3) is 3.85. The summed E-state index contributed by atoms with van der Waals surface area (Å²) in [6.07, 6.45) is 1.63. The first-order chi connectivity index (χ1) is 12.8. The standard InChI is InChI=1S/C18H12BrNO5S2/c1-25-13-6-9(5-12(19)15(13)21)7-14-16(22)20(18(26)27-14)11-4-2-3-10(8-11)17(23)24/h2-8,21H,1H3,(H,23,24)/b14-7+. The molecule has 0 aliphatic carbocycles. The molecule has 0 saturated carbocycles. The molecule has 138 valence electrons. The number of thiocarbonyl (C=S) groups is 1. The number of halogens is 1. The fraction of sp³-hybridized carbons (Fsp3) is 0.0556. The number of rotatable bonds is 4. The monoisotopic (exact) mass is 465 g/mol. The normalized spacial score (nSPS) is 15.5. The number of methoxy groups -OCH3 is 1. The summed E-state index contributed by atoms with van der Waals surface area (Å²) in [7, 11) is 1.43. The van der Waals surface area contributed by atoms with Crippen molar-refractivity contribution in [3.8, 4) is 11.5 Å². The lowest BCUT2D eigenvalue weighted by atomic mass is 10.1. The molecule has 1 fully saturated rings. The van der Waals surface area contributed by atoms with Crippen LogP contribution in [0.3, 0.4) is 0 Å². The van der Waals surface area contributed by atoms with Gasteiger partial charge in [0.25, 0.3) is 5.91 Å². The van der Waals surface area contributed by atoms with Crippen LogP contribution in [0.2, 0.25) is 0 Å². The van der Waals surface area contributed by atoms with Crippen LogP contribution in [-0.4, -0.2) is 33.5 Å². The van der Waals surface area contributed by atoms with E-state index in [1.165, 1.54) is 24.1 Å². The zero-order valence-electron chi connectivity index (χ0n) is 13.8. The molecule has 2 aromatic rings. The molecule has 2 aromatic carbocycles. The average Bonchev–Trinajstić information content (AvgIpc) is 2.91. The maximum absolute atomic E-state index is 12.8. The van der Waals surface area contributed by atoms with Gasteiger partial charge in [-0.25, -0.2) is 4.79 Å². The number of benzene rings is 2. The number of carbonyl (C=O) groups excluding carboxylic acids is 1. The number of phenolic OH excluding ortho intramolecular Hbond substituents is 1. The van der Waals surface area contributed by atoms with Crippen molar-refractivity contribution in [3.05, 3.63) is 56.9 Å². The predicted octanol–water partition coefficient (Wildman–Crippen LogP) is 4.27. The number of phenols is 1. The number of nitrogens with zero attached hydrogens (tertiary/aromatic N) is 1. The van der Waals surface area contributed by atoms with Crippen molar-refractivity contribution in [3.63, 3.8) is 0 Å². The summed E-state index contributed by atoms with van der Waals surface area (Å²) in [5.74, 6) is -1.21. The van der Waals surface area contributed by atoms with Crippen molar-refractivity contribution in [2.45, 2.75) is 0 Å². The molecule has 1 aliphatic heterocycles. The average molecular weight is 466 g/mol. The van der Waals surface area contributed by atoms with E-state index in [4.69, 9.17) is 22.1 Å². The number of amides is 1. The maximum Gasteiger partial charge on any atom is 0.335 e.